The summed E-state index contributed by atoms with van der Waals surface area (Å²) < 4.78 is 6.30. The molecule has 1 unspecified atom stereocenters. The van der Waals surface area contributed by atoms with Gasteiger partial charge in [0.1, 0.15) is 5.60 Å². The molecule has 4 saturated heterocycles. The highest BCUT2D eigenvalue weighted by Gasteiger charge is 2.67. The first-order chi connectivity index (χ1) is 14.6. The third-order valence-corrected chi connectivity index (χ3v) is 7.89. The molecule has 6 rings (SSSR count). The zero-order valence-electron chi connectivity index (χ0n) is 16.9. The molecule has 5 aliphatic heterocycles. The fourth-order valence-electron chi connectivity index (χ4n) is 6.65. The number of fused-ring (bicyclic) bond motifs is 3. The topological polar surface area (TPSA) is 83.0 Å². The first-order valence-electron chi connectivity index (χ1n) is 11.1. The molecule has 0 saturated carbocycles. The molecule has 7 atom stereocenters. The number of pyridine rings is 1. The highest BCUT2D eigenvalue weighted by atomic mass is 16.5. The quantitative estimate of drug-likeness (QED) is 0.754. The maximum Gasteiger partial charge on any atom is 0.230 e. The summed E-state index contributed by atoms with van der Waals surface area (Å²) in [5.41, 5.74) is 0.159. The Morgan fingerprint density at radius 1 is 1.27 bits per heavy atom. The van der Waals surface area contributed by atoms with E-state index in [1.165, 1.54) is 0 Å². The number of rotatable bonds is 4. The molecule has 0 aromatic carbocycles. The number of amides is 2. The van der Waals surface area contributed by atoms with Crippen LogP contribution in [0.5, 0.6) is 0 Å². The number of aromatic nitrogens is 1. The first-order valence-corrected chi connectivity index (χ1v) is 11.1. The molecule has 1 aromatic rings. The number of piperidine rings is 1. The Kier molecular flexibility index (Phi) is 4.09. The average molecular weight is 409 g/mol. The van der Waals surface area contributed by atoms with Crippen LogP contribution in [0, 0.1) is 17.8 Å². The number of aliphatic hydroxyl groups excluding tert-OH is 1. The highest BCUT2D eigenvalue weighted by Crippen LogP contribution is 2.53. The van der Waals surface area contributed by atoms with Crippen LogP contribution in [0.1, 0.15) is 31.4 Å². The van der Waals surface area contributed by atoms with E-state index in [1.54, 1.807) is 11.1 Å². The van der Waals surface area contributed by atoms with Gasteiger partial charge in [0.25, 0.3) is 0 Å². The second-order valence-electron chi connectivity index (χ2n) is 9.57. The van der Waals surface area contributed by atoms with Crippen molar-refractivity contribution in [3.05, 3.63) is 42.2 Å². The summed E-state index contributed by atoms with van der Waals surface area (Å²) in [6.45, 7) is 1.11. The van der Waals surface area contributed by atoms with Gasteiger partial charge in [-0.3, -0.25) is 14.6 Å². The molecular weight excluding hydrogens is 382 g/mol. The standard InChI is InChI=1S/C23H27N3O4/c27-12-14-9-16-4-5-17(10-14)26(16)21(28)19-18-6-7-23(30-18)13-25(22(29)20(19)23)11-15-3-1-2-8-24-15/h1-3,6-8,14,16-20,27H,4-5,9-13H2/t14?,16-,17+,18-,19+,20-,23-/m1/s1. The summed E-state index contributed by atoms with van der Waals surface area (Å²) in [6.07, 6.45) is 9.14. The van der Waals surface area contributed by atoms with Gasteiger partial charge in [0.05, 0.1) is 36.7 Å². The molecule has 6 heterocycles. The molecule has 7 nitrogen and oxygen atoms in total. The van der Waals surface area contributed by atoms with Gasteiger partial charge < -0.3 is 19.6 Å². The molecule has 2 amide bonds. The highest BCUT2D eigenvalue weighted by molar-refractivity contribution is 5.93. The first kappa shape index (κ1) is 18.5. The van der Waals surface area contributed by atoms with Crippen LogP contribution in [0.15, 0.2) is 36.5 Å². The second kappa shape index (κ2) is 6.62. The van der Waals surface area contributed by atoms with Crippen LogP contribution in [0.25, 0.3) is 0 Å². The van der Waals surface area contributed by atoms with E-state index in [0.29, 0.717) is 13.1 Å². The van der Waals surface area contributed by atoms with E-state index >= 15 is 0 Å². The van der Waals surface area contributed by atoms with Gasteiger partial charge in [-0.15, -0.1) is 0 Å². The molecule has 0 radical (unpaired) electrons. The van der Waals surface area contributed by atoms with Gasteiger partial charge in [0.2, 0.25) is 11.8 Å². The van der Waals surface area contributed by atoms with E-state index in [0.717, 1.165) is 31.4 Å². The van der Waals surface area contributed by atoms with Crippen LogP contribution < -0.4 is 0 Å². The van der Waals surface area contributed by atoms with Crippen molar-refractivity contribution in [2.24, 2.45) is 17.8 Å². The third-order valence-electron chi connectivity index (χ3n) is 7.89. The average Bonchev–Trinajstić information content (AvgIpc) is 3.46. The van der Waals surface area contributed by atoms with E-state index in [-0.39, 0.29) is 42.5 Å². The van der Waals surface area contributed by atoms with Gasteiger partial charge in [-0.2, -0.15) is 0 Å². The van der Waals surface area contributed by atoms with Crippen molar-refractivity contribution in [2.75, 3.05) is 13.2 Å². The Bertz CT molecular complexity index is 891. The number of carbonyl (C=O) groups excluding carboxylic acids is 2. The number of ether oxygens (including phenoxy) is 1. The van der Waals surface area contributed by atoms with Gasteiger partial charge in [0.15, 0.2) is 0 Å². The lowest BCUT2D eigenvalue weighted by Crippen LogP contribution is -2.53. The lowest BCUT2D eigenvalue weighted by Gasteiger charge is -2.41. The van der Waals surface area contributed by atoms with Crippen LogP contribution in [-0.4, -0.2) is 68.6 Å². The van der Waals surface area contributed by atoms with Gasteiger partial charge in [0, 0.05) is 24.9 Å². The Balaban J connectivity index is 1.26. The third kappa shape index (κ3) is 2.54. The van der Waals surface area contributed by atoms with Crippen LogP contribution in [0.2, 0.25) is 0 Å². The summed E-state index contributed by atoms with van der Waals surface area (Å²) in [4.78, 5) is 35.4. The molecule has 1 spiro atoms. The van der Waals surface area contributed by atoms with Crippen molar-refractivity contribution in [3.8, 4) is 0 Å². The second-order valence-corrected chi connectivity index (χ2v) is 9.57. The van der Waals surface area contributed by atoms with Gasteiger partial charge >= 0.3 is 0 Å². The molecule has 30 heavy (non-hydrogen) atoms. The summed E-state index contributed by atoms with van der Waals surface area (Å²) in [6, 6.07) is 6.07. The van der Waals surface area contributed by atoms with E-state index in [4.69, 9.17) is 4.74 Å². The number of hydrogen-bond donors (Lipinski definition) is 1. The summed E-state index contributed by atoms with van der Waals surface area (Å²) >= 11 is 0. The molecule has 4 fully saturated rings. The lowest BCUT2D eigenvalue weighted by atomic mass is 9.76. The van der Waals surface area contributed by atoms with Crippen molar-refractivity contribution in [1.82, 2.24) is 14.8 Å². The van der Waals surface area contributed by atoms with E-state index in [9.17, 15) is 14.7 Å². The summed E-state index contributed by atoms with van der Waals surface area (Å²) in [5, 5.41) is 9.60. The van der Waals surface area contributed by atoms with Crippen LogP contribution in [-0.2, 0) is 20.9 Å². The molecule has 158 valence electrons. The van der Waals surface area contributed by atoms with Crippen molar-refractivity contribution in [2.45, 2.75) is 56.0 Å². The molecule has 1 aromatic heterocycles. The van der Waals surface area contributed by atoms with E-state index < -0.39 is 17.4 Å². The van der Waals surface area contributed by atoms with Crippen LogP contribution >= 0.6 is 0 Å². The fraction of sp³-hybridized carbons (Fsp3) is 0.609. The maximum atomic E-state index is 13.8. The van der Waals surface area contributed by atoms with Gasteiger partial charge in [-0.05, 0) is 43.7 Å². The minimum absolute atomic E-state index is 0.00319. The lowest BCUT2D eigenvalue weighted by molar-refractivity contribution is -0.147. The number of carbonyl (C=O) groups is 2. The van der Waals surface area contributed by atoms with Crippen molar-refractivity contribution >= 4 is 11.8 Å². The molecular formula is C23H27N3O4. The van der Waals surface area contributed by atoms with Crippen molar-refractivity contribution < 1.29 is 19.4 Å². The Morgan fingerprint density at radius 2 is 2.07 bits per heavy atom. The summed E-state index contributed by atoms with van der Waals surface area (Å²) in [5.74, 6) is -0.517. The molecule has 7 heteroatoms. The minimum Gasteiger partial charge on any atom is -0.396 e. The normalized spacial score (nSPS) is 41.0. The molecule has 0 aliphatic carbocycles. The van der Waals surface area contributed by atoms with Crippen LogP contribution in [0.4, 0.5) is 0 Å². The van der Waals surface area contributed by atoms with E-state index in [2.05, 4.69) is 9.88 Å². The van der Waals surface area contributed by atoms with Crippen molar-refractivity contribution in [3.63, 3.8) is 0 Å². The Labute approximate surface area is 175 Å². The largest absolute Gasteiger partial charge is 0.396 e. The number of aliphatic hydroxyl groups is 1. The Hall–Kier alpha value is -2.25. The van der Waals surface area contributed by atoms with Gasteiger partial charge in [-0.25, -0.2) is 0 Å². The fourth-order valence-corrected chi connectivity index (χ4v) is 6.65. The van der Waals surface area contributed by atoms with Crippen molar-refractivity contribution in [1.29, 1.82) is 0 Å². The molecule has 4 bridgehead atoms. The zero-order valence-corrected chi connectivity index (χ0v) is 16.9. The maximum absolute atomic E-state index is 13.8. The summed E-state index contributed by atoms with van der Waals surface area (Å²) in [7, 11) is 0. The number of nitrogens with zero attached hydrogens (tertiary/aromatic N) is 3. The van der Waals surface area contributed by atoms with E-state index in [1.807, 2.05) is 30.4 Å². The monoisotopic (exact) mass is 409 g/mol. The number of likely N-dealkylation sites (tertiary alicyclic amines) is 1. The minimum atomic E-state index is -0.681. The van der Waals surface area contributed by atoms with Gasteiger partial charge in [-0.1, -0.05) is 18.2 Å². The predicted molar refractivity (Wildman–Crippen MR) is 107 cm³/mol. The predicted octanol–water partition coefficient (Wildman–Crippen LogP) is 1.13. The smallest absolute Gasteiger partial charge is 0.230 e. The Morgan fingerprint density at radius 3 is 2.77 bits per heavy atom. The zero-order chi connectivity index (χ0) is 20.5. The molecule has 1 N–H and O–H groups in total. The van der Waals surface area contributed by atoms with Crippen LogP contribution in [0.3, 0.4) is 0 Å². The SMILES string of the molecule is O=C1[C@H]2[C@@H](C(=O)N3[C@@H]4CC[C@H]3CC(CO)C4)[C@H]3C=C[C@]2(CN1Cc1ccccn1)O3. The number of hydrogen-bond acceptors (Lipinski definition) is 5. The molecule has 5 aliphatic rings.